The van der Waals surface area contributed by atoms with Gasteiger partial charge in [-0.1, -0.05) is 28.9 Å². The largest absolute Gasteiger partial charge is 0.367 e. The highest BCUT2D eigenvalue weighted by molar-refractivity contribution is 6.33. The quantitative estimate of drug-likeness (QED) is 0.888. The predicted molar refractivity (Wildman–Crippen MR) is 103 cm³/mol. The summed E-state index contributed by atoms with van der Waals surface area (Å²) in [6.07, 6.45) is 0.715. The normalized spacial score (nSPS) is 15.8. The average molecular weight is 377 g/mol. The topological polar surface area (TPSA) is 61.6 Å². The van der Waals surface area contributed by atoms with Crippen LogP contribution < -0.4 is 10.2 Å². The van der Waals surface area contributed by atoms with Gasteiger partial charge in [-0.2, -0.15) is 0 Å². The van der Waals surface area contributed by atoms with Crippen LogP contribution in [0.25, 0.3) is 0 Å². The van der Waals surface area contributed by atoms with E-state index in [1.807, 2.05) is 49.9 Å². The van der Waals surface area contributed by atoms with Crippen molar-refractivity contribution in [2.45, 2.75) is 33.2 Å². The van der Waals surface area contributed by atoms with Crippen LogP contribution in [0.3, 0.4) is 0 Å². The van der Waals surface area contributed by atoms with Crippen LogP contribution in [0, 0.1) is 13.8 Å². The van der Waals surface area contributed by atoms with Crippen molar-refractivity contribution in [3.63, 3.8) is 0 Å². The van der Waals surface area contributed by atoms with Crippen molar-refractivity contribution in [3.05, 3.63) is 46.3 Å². The molecular weight excluding hydrogens is 352 g/mol. The van der Waals surface area contributed by atoms with Gasteiger partial charge in [0.15, 0.2) is 0 Å². The van der Waals surface area contributed by atoms with Gasteiger partial charge in [0.1, 0.15) is 5.76 Å². The summed E-state index contributed by atoms with van der Waals surface area (Å²) in [5.74, 6) is 0.817. The van der Waals surface area contributed by atoms with Gasteiger partial charge in [0, 0.05) is 37.8 Å². The van der Waals surface area contributed by atoms with Gasteiger partial charge in [-0.05, 0) is 39.3 Å². The first-order chi connectivity index (χ1) is 12.5. The lowest BCUT2D eigenvalue weighted by Gasteiger charge is -2.36. The lowest BCUT2D eigenvalue weighted by atomic mass is 10.1. The summed E-state index contributed by atoms with van der Waals surface area (Å²) in [6.45, 7) is 8.73. The Morgan fingerprint density at radius 3 is 2.58 bits per heavy atom. The minimum Gasteiger partial charge on any atom is -0.367 e. The third kappa shape index (κ3) is 4.12. The lowest BCUT2D eigenvalue weighted by molar-refractivity contribution is 0.191. The SMILES string of the molecule is Cc1noc(C)c1CC(C)NC(=O)N1CCN(c2ccccc2Cl)CC1. The summed E-state index contributed by atoms with van der Waals surface area (Å²) < 4.78 is 5.19. The van der Waals surface area contributed by atoms with E-state index in [1.54, 1.807) is 0 Å². The molecule has 1 fully saturated rings. The number of aromatic nitrogens is 1. The molecule has 0 radical (unpaired) electrons. The molecular formula is C19H25ClN4O2. The summed E-state index contributed by atoms with van der Waals surface area (Å²) >= 11 is 6.27. The van der Waals surface area contributed by atoms with Crippen LogP contribution in [0.5, 0.6) is 0 Å². The Morgan fingerprint density at radius 1 is 1.27 bits per heavy atom. The maximum atomic E-state index is 12.5. The number of carbonyl (C=O) groups excluding carboxylic acids is 1. The second kappa shape index (κ2) is 7.99. The molecule has 1 N–H and O–H groups in total. The average Bonchev–Trinajstić information content (AvgIpc) is 2.94. The molecule has 1 aliphatic heterocycles. The first-order valence-electron chi connectivity index (χ1n) is 8.92. The second-order valence-corrected chi connectivity index (χ2v) is 7.19. The van der Waals surface area contributed by atoms with E-state index in [-0.39, 0.29) is 12.1 Å². The predicted octanol–water partition coefficient (Wildman–Crippen LogP) is 3.41. The molecule has 1 unspecified atom stereocenters. The van der Waals surface area contributed by atoms with Crippen LogP contribution >= 0.6 is 11.6 Å². The summed E-state index contributed by atoms with van der Waals surface area (Å²) in [6, 6.07) is 7.81. The van der Waals surface area contributed by atoms with E-state index in [1.165, 1.54) is 0 Å². The number of nitrogens with one attached hydrogen (secondary N) is 1. The molecule has 6 nitrogen and oxygen atoms in total. The van der Waals surface area contributed by atoms with Gasteiger partial charge < -0.3 is 19.6 Å². The van der Waals surface area contributed by atoms with Gasteiger partial charge in [-0.25, -0.2) is 4.79 Å². The standard InChI is InChI=1S/C19H25ClN4O2/c1-13(12-16-14(2)22-26-15(16)3)21-19(25)24-10-8-23(9-11-24)18-7-5-4-6-17(18)20/h4-7,13H,8-12H2,1-3H3,(H,21,25). The fraction of sp³-hybridized carbons (Fsp3) is 0.474. The van der Waals surface area contributed by atoms with Gasteiger partial charge >= 0.3 is 6.03 Å². The van der Waals surface area contributed by atoms with E-state index < -0.39 is 0 Å². The van der Waals surface area contributed by atoms with Crippen LogP contribution in [0.15, 0.2) is 28.8 Å². The molecule has 2 aromatic rings. The number of urea groups is 1. The molecule has 1 atom stereocenters. The van der Waals surface area contributed by atoms with Gasteiger partial charge in [0.2, 0.25) is 0 Å². The third-order valence-corrected chi connectivity index (χ3v) is 5.14. The molecule has 7 heteroatoms. The number of amides is 2. The van der Waals surface area contributed by atoms with Crippen molar-refractivity contribution in [2.24, 2.45) is 0 Å². The van der Waals surface area contributed by atoms with E-state index in [9.17, 15) is 4.79 Å². The van der Waals surface area contributed by atoms with Gasteiger partial charge in [0.25, 0.3) is 0 Å². The number of para-hydroxylation sites is 1. The van der Waals surface area contributed by atoms with Crippen molar-refractivity contribution >= 4 is 23.3 Å². The molecule has 1 aliphatic rings. The first-order valence-corrected chi connectivity index (χ1v) is 9.30. The summed E-state index contributed by atoms with van der Waals surface area (Å²) in [5.41, 5.74) is 2.99. The Morgan fingerprint density at radius 2 is 1.96 bits per heavy atom. The molecule has 2 heterocycles. The third-order valence-electron chi connectivity index (χ3n) is 4.82. The molecule has 1 saturated heterocycles. The zero-order chi connectivity index (χ0) is 18.7. The smallest absolute Gasteiger partial charge is 0.317 e. The fourth-order valence-corrected chi connectivity index (χ4v) is 3.57. The molecule has 0 saturated carbocycles. The summed E-state index contributed by atoms with van der Waals surface area (Å²) in [7, 11) is 0. The zero-order valence-corrected chi connectivity index (χ0v) is 16.2. The van der Waals surface area contributed by atoms with E-state index in [0.717, 1.165) is 40.8 Å². The first kappa shape index (κ1) is 18.6. The number of benzene rings is 1. The number of rotatable bonds is 4. The number of nitrogens with zero attached hydrogens (tertiary/aromatic N) is 3. The Bertz CT molecular complexity index is 749. The molecule has 0 bridgehead atoms. The van der Waals surface area contributed by atoms with E-state index >= 15 is 0 Å². The highest BCUT2D eigenvalue weighted by atomic mass is 35.5. The number of piperazine rings is 1. The van der Waals surface area contributed by atoms with Gasteiger partial charge in [0.05, 0.1) is 16.4 Å². The van der Waals surface area contributed by atoms with Crippen LogP contribution in [0.1, 0.15) is 23.9 Å². The van der Waals surface area contributed by atoms with Gasteiger partial charge in [-0.3, -0.25) is 0 Å². The number of carbonyl (C=O) groups is 1. The maximum Gasteiger partial charge on any atom is 0.317 e. The Labute approximate surface area is 159 Å². The number of hydrogen-bond donors (Lipinski definition) is 1. The fourth-order valence-electron chi connectivity index (χ4n) is 3.31. The second-order valence-electron chi connectivity index (χ2n) is 6.78. The minimum atomic E-state index is -0.0249. The molecule has 26 heavy (non-hydrogen) atoms. The molecule has 1 aromatic heterocycles. The lowest BCUT2D eigenvalue weighted by Crippen LogP contribution is -2.53. The number of halogens is 1. The summed E-state index contributed by atoms with van der Waals surface area (Å²) in [5, 5.41) is 7.80. The Balaban J connectivity index is 1.51. The Kier molecular flexibility index (Phi) is 5.71. The highest BCUT2D eigenvalue weighted by Gasteiger charge is 2.23. The highest BCUT2D eigenvalue weighted by Crippen LogP contribution is 2.26. The monoisotopic (exact) mass is 376 g/mol. The molecule has 140 valence electrons. The van der Waals surface area contributed by atoms with E-state index in [0.29, 0.717) is 19.5 Å². The molecule has 3 rings (SSSR count). The van der Waals surface area contributed by atoms with Crippen LogP contribution in [-0.2, 0) is 6.42 Å². The minimum absolute atomic E-state index is 0.0147. The number of anilines is 1. The molecule has 0 spiro atoms. The maximum absolute atomic E-state index is 12.5. The van der Waals surface area contributed by atoms with Crippen LogP contribution in [0.4, 0.5) is 10.5 Å². The molecule has 1 aromatic carbocycles. The molecule has 2 amide bonds. The zero-order valence-electron chi connectivity index (χ0n) is 15.5. The summed E-state index contributed by atoms with van der Waals surface area (Å²) in [4.78, 5) is 16.6. The van der Waals surface area contributed by atoms with E-state index in [2.05, 4.69) is 15.4 Å². The van der Waals surface area contributed by atoms with E-state index in [4.69, 9.17) is 16.1 Å². The van der Waals surface area contributed by atoms with Crippen molar-refractivity contribution in [2.75, 3.05) is 31.1 Å². The van der Waals surface area contributed by atoms with Crippen molar-refractivity contribution in [1.29, 1.82) is 0 Å². The van der Waals surface area contributed by atoms with Gasteiger partial charge in [-0.15, -0.1) is 0 Å². The number of hydrogen-bond acceptors (Lipinski definition) is 4. The Hall–Kier alpha value is -2.21. The molecule has 0 aliphatic carbocycles. The number of aryl methyl sites for hydroxylation is 2. The van der Waals surface area contributed by atoms with Crippen molar-refractivity contribution in [3.8, 4) is 0 Å². The van der Waals surface area contributed by atoms with Crippen molar-refractivity contribution in [1.82, 2.24) is 15.4 Å². The van der Waals surface area contributed by atoms with Crippen LogP contribution in [0.2, 0.25) is 5.02 Å². The van der Waals surface area contributed by atoms with Crippen LogP contribution in [-0.4, -0.2) is 48.3 Å². The van der Waals surface area contributed by atoms with Crippen molar-refractivity contribution < 1.29 is 9.32 Å².